The molecular weight excluding hydrogens is 220 g/mol. The number of hydrogen-bond donors (Lipinski definition) is 0. The highest BCUT2D eigenvalue weighted by atomic mass is 16.1. The summed E-state index contributed by atoms with van der Waals surface area (Å²) in [6.07, 6.45) is 19.7. The molecule has 0 aliphatic carbocycles. The highest BCUT2D eigenvalue weighted by molar-refractivity contribution is 5.65. The normalized spacial score (nSPS) is 12.2. The molecule has 0 radical (unpaired) electrons. The number of allylic oxidation sites excluding steroid dienone is 4. The fourth-order valence-corrected chi connectivity index (χ4v) is 2.14. The van der Waals surface area contributed by atoms with Gasteiger partial charge >= 0.3 is 0 Å². The van der Waals surface area contributed by atoms with Crippen LogP contribution in [0.5, 0.6) is 0 Å². The standard InChI is InChI=1S/C17H30O/c1-3-5-6-7-8-9-10-11-14-17(13-4-2)15-12-16-18/h12-13,15-16H,3-11,14H2,1-2H3/b15-12?,17-13+. The molecule has 0 N–H and O–H groups in total. The fourth-order valence-electron chi connectivity index (χ4n) is 2.14. The smallest absolute Gasteiger partial charge is 0.142 e. The number of unbranched alkanes of at least 4 members (excludes halogenated alkanes) is 7. The van der Waals surface area contributed by atoms with E-state index in [1.165, 1.54) is 56.9 Å². The first kappa shape index (κ1) is 17.2. The Kier molecular flexibility index (Phi) is 13.5. The Morgan fingerprint density at radius 1 is 0.889 bits per heavy atom. The third-order valence-corrected chi connectivity index (χ3v) is 3.17. The average Bonchev–Trinajstić information content (AvgIpc) is 2.39. The predicted octanol–water partition coefficient (Wildman–Crippen LogP) is 5.61. The molecule has 0 rings (SSSR count). The minimum Gasteiger partial charge on any atom is -0.299 e. The van der Waals surface area contributed by atoms with Crippen molar-refractivity contribution in [3.05, 3.63) is 23.8 Å². The highest BCUT2D eigenvalue weighted by Gasteiger charge is 1.94. The molecule has 0 spiro atoms. The van der Waals surface area contributed by atoms with Crippen LogP contribution in [0, 0.1) is 0 Å². The van der Waals surface area contributed by atoms with Gasteiger partial charge in [-0.2, -0.15) is 0 Å². The van der Waals surface area contributed by atoms with Crippen LogP contribution in [0.3, 0.4) is 0 Å². The second kappa shape index (κ2) is 14.2. The van der Waals surface area contributed by atoms with Gasteiger partial charge in [0.25, 0.3) is 0 Å². The first-order chi connectivity index (χ1) is 8.85. The van der Waals surface area contributed by atoms with Gasteiger partial charge in [0.05, 0.1) is 0 Å². The minimum absolute atomic E-state index is 0.858. The van der Waals surface area contributed by atoms with Gasteiger partial charge in [0, 0.05) is 0 Å². The van der Waals surface area contributed by atoms with Gasteiger partial charge < -0.3 is 0 Å². The van der Waals surface area contributed by atoms with E-state index in [0.29, 0.717) is 0 Å². The van der Waals surface area contributed by atoms with Gasteiger partial charge in [-0.05, 0) is 25.3 Å². The molecule has 0 aromatic carbocycles. The Morgan fingerprint density at radius 2 is 1.50 bits per heavy atom. The molecule has 0 heterocycles. The number of rotatable bonds is 12. The first-order valence-corrected chi connectivity index (χ1v) is 7.66. The third-order valence-electron chi connectivity index (χ3n) is 3.17. The van der Waals surface area contributed by atoms with Crippen molar-refractivity contribution in [3.8, 4) is 0 Å². The van der Waals surface area contributed by atoms with Gasteiger partial charge in [0.2, 0.25) is 0 Å². The van der Waals surface area contributed by atoms with Crippen LogP contribution in [-0.4, -0.2) is 6.29 Å². The molecule has 0 aromatic rings. The number of hydrogen-bond acceptors (Lipinski definition) is 1. The Morgan fingerprint density at radius 3 is 2.06 bits per heavy atom. The van der Waals surface area contributed by atoms with E-state index in [0.717, 1.165) is 19.1 Å². The summed E-state index contributed by atoms with van der Waals surface area (Å²) in [7, 11) is 0. The monoisotopic (exact) mass is 250 g/mol. The maximum Gasteiger partial charge on any atom is 0.142 e. The highest BCUT2D eigenvalue weighted by Crippen LogP contribution is 2.14. The molecule has 0 bridgehead atoms. The maximum absolute atomic E-state index is 10.3. The summed E-state index contributed by atoms with van der Waals surface area (Å²) in [4.78, 5) is 10.3. The van der Waals surface area contributed by atoms with E-state index in [4.69, 9.17) is 0 Å². The van der Waals surface area contributed by atoms with Crippen molar-refractivity contribution in [2.45, 2.75) is 78.1 Å². The zero-order valence-electron chi connectivity index (χ0n) is 12.3. The van der Waals surface area contributed by atoms with E-state index in [1.807, 2.05) is 6.08 Å². The van der Waals surface area contributed by atoms with Crippen LogP contribution >= 0.6 is 0 Å². The summed E-state index contributed by atoms with van der Waals surface area (Å²) >= 11 is 0. The predicted molar refractivity (Wildman–Crippen MR) is 80.8 cm³/mol. The lowest BCUT2D eigenvalue weighted by atomic mass is 10.0. The SMILES string of the molecule is CC/C=C(/C=CC=O)CCCCCCCCCC. The van der Waals surface area contributed by atoms with E-state index in [9.17, 15) is 4.79 Å². The van der Waals surface area contributed by atoms with Gasteiger partial charge in [-0.3, -0.25) is 4.79 Å². The summed E-state index contributed by atoms with van der Waals surface area (Å²) in [5.41, 5.74) is 1.32. The van der Waals surface area contributed by atoms with Crippen molar-refractivity contribution in [2.24, 2.45) is 0 Å². The molecule has 0 saturated carbocycles. The second-order valence-electron chi connectivity index (χ2n) is 4.91. The lowest BCUT2D eigenvalue weighted by Gasteiger charge is -2.03. The van der Waals surface area contributed by atoms with E-state index in [2.05, 4.69) is 19.9 Å². The summed E-state index contributed by atoms with van der Waals surface area (Å²) < 4.78 is 0. The number of aldehydes is 1. The van der Waals surface area contributed by atoms with E-state index < -0.39 is 0 Å². The van der Waals surface area contributed by atoms with E-state index in [1.54, 1.807) is 6.08 Å². The van der Waals surface area contributed by atoms with Gasteiger partial charge in [-0.15, -0.1) is 0 Å². The topological polar surface area (TPSA) is 17.1 Å². The third kappa shape index (κ3) is 11.6. The molecule has 0 aliphatic rings. The van der Waals surface area contributed by atoms with E-state index in [-0.39, 0.29) is 0 Å². The molecule has 1 heteroatoms. The van der Waals surface area contributed by atoms with Crippen molar-refractivity contribution in [2.75, 3.05) is 0 Å². The summed E-state index contributed by atoms with van der Waals surface area (Å²) in [5, 5.41) is 0. The van der Waals surface area contributed by atoms with Crippen molar-refractivity contribution in [1.29, 1.82) is 0 Å². The number of carbonyl (C=O) groups excluding carboxylic acids is 1. The first-order valence-electron chi connectivity index (χ1n) is 7.66. The molecule has 104 valence electrons. The Bertz CT molecular complexity index is 238. The lowest BCUT2D eigenvalue weighted by Crippen LogP contribution is -1.84. The van der Waals surface area contributed by atoms with E-state index >= 15 is 0 Å². The summed E-state index contributed by atoms with van der Waals surface area (Å²) in [6.45, 7) is 4.40. The summed E-state index contributed by atoms with van der Waals surface area (Å²) in [5.74, 6) is 0. The quantitative estimate of drug-likeness (QED) is 0.190. The lowest BCUT2D eigenvalue weighted by molar-refractivity contribution is -0.104. The van der Waals surface area contributed by atoms with Crippen molar-refractivity contribution in [3.63, 3.8) is 0 Å². The van der Waals surface area contributed by atoms with Crippen LogP contribution in [0.2, 0.25) is 0 Å². The molecule has 0 fully saturated rings. The van der Waals surface area contributed by atoms with Crippen LogP contribution < -0.4 is 0 Å². The Balaban J connectivity index is 3.52. The van der Waals surface area contributed by atoms with Gasteiger partial charge in [0.1, 0.15) is 6.29 Å². The van der Waals surface area contributed by atoms with Crippen LogP contribution in [0.25, 0.3) is 0 Å². The molecule has 0 aliphatic heterocycles. The molecule has 0 atom stereocenters. The summed E-state index contributed by atoms with van der Waals surface area (Å²) in [6, 6.07) is 0. The van der Waals surface area contributed by atoms with Crippen LogP contribution in [0.1, 0.15) is 78.1 Å². The molecule has 0 saturated heterocycles. The van der Waals surface area contributed by atoms with Crippen LogP contribution in [0.15, 0.2) is 23.8 Å². The van der Waals surface area contributed by atoms with Crippen molar-refractivity contribution in [1.82, 2.24) is 0 Å². The van der Waals surface area contributed by atoms with Crippen molar-refractivity contribution < 1.29 is 4.79 Å². The van der Waals surface area contributed by atoms with Crippen LogP contribution in [-0.2, 0) is 4.79 Å². The Labute approximate surface area is 113 Å². The molecule has 0 unspecified atom stereocenters. The van der Waals surface area contributed by atoms with Crippen LogP contribution in [0.4, 0.5) is 0 Å². The second-order valence-corrected chi connectivity index (χ2v) is 4.91. The van der Waals surface area contributed by atoms with Gasteiger partial charge in [0.15, 0.2) is 0 Å². The molecular formula is C17H30O. The van der Waals surface area contributed by atoms with Gasteiger partial charge in [-0.25, -0.2) is 0 Å². The largest absolute Gasteiger partial charge is 0.299 e. The minimum atomic E-state index is 0.858. The Hall–Kier alpha value is -0.850. The molecule has 18 heavy (non-hydrogen) atoms. The van der Waals surface area contributed by atoms with Gasteiger partial charge in [-0.1, -0.05) is 76.5 Å². The number of carbonyl (C=O) groups is 1. The zero-order valence-corrected chi connectivity index (χ0v) is 12.3. The fraction of sp³-hybridized carbons (Fsp3) is 0.706. The molecule has 0 amide bonds. The average molecular weight is 250 g/mol. The zero-order chi connectivity index (χ0) is 13.5. The molecule has 0 aromatic heterocycles. The maximum atomic E-state index is 10.3. The van der Waals surface area contributed by atoms with Crippen molar-refractivity contribution >= 4 is 6.29 Å². The molecule has 1 nitrogen and oxygen atoms in total.